The molecule has 0 radical (unpaired) electrons. The van der Waals surface area contributed by atoms with Gasteiger partial charge in [0.2, 0.25) is 0 Å². The summed E-state index contributed by atoms with van der Waals surface area (Å²) in [6.07, 6.45) is 4.72. The van der Waals surface area contributed by atoms with Crippen molar-refractivity contribution in [3.63, 3.8) is 0 Å². The number of piperidine rings is 1. The third-order valence-corrected chi connectivity index (χ3v) is 5.10. The molecule has 1 amide bonds. The van der Waals surface area contributed by atoms with Crippen molar-refractivity contribution < 1.29 is 4.79 Å². The lowest BCUT2D eigenvalue weighted by molar-refractivity contribution is 0.0934. The van der Waals surface area contributed by atoms with E-state index >= 15 is 0 Å². The summed E-state index contributed by atoms with van der Waals surface area (Å²) in [4.78, 5) is 24.1. The molecule has 1 aromatic heterocycles. The van der Waals surface area contributed by atoms with Crippen molar-refractivity contribution in [2.75, 3.05) is 11.4 Å². The van der Waals surface area contributed by atoms with E-state index in [1.807, 2.05) is 50.2 Å². The first-order valence-corrected chi connectivity index (χ1v) is 9.56. The van der Waals surface area contributed by atoms with Gasteiger partial charge in [0, 0.05) is 18.7 Å². The molecule has 0 aliphatic carbocycles. The summed E-state index contributed by atoms with van der Waals surface area (Å²) >= 11 is 0. The summed E-state index contributed by atoms with van der Waals surface area (Å²) in [6.45, 7) is 7.05. The zero-order chi connectivity index (χ0) is 18.5. The van der Waals surface area contributed by atoms with Crippen LogP contribution in [0.4, 0.5) is 5.82 Å². The van der Waals surface area contributed by atoms with Crippen molar-refractivity contribution in [2.24, 2.45) is 0 Å². The Labute approximate surface area is 155 Å². The van der Waals surface area contributed by atoms with Gasteiger partial charge in [-0.2, -0.15) is 0 Å². The van der Waals surface area contributed by atoms with Gasteiger partial charge in [0.15, 0.2) is 0 Å². The lowest BCUT2D eigenvalue weighted by Crippen LogP contribution is -2.40. The van der Waals surface area contributed by atoms with E-state index in [1.165, 1.54) is 19.3 Å². The average molecular weight is 352 g/mol. The van der Waals surface area contributed by atoms with Crippen molar-refractivity contribution >= 4 is 11.7 Å². The molecule has 2 atom stereocenters. The zero-order valence-electron chi connectivity index (χ0n) is 15.9. The molecule has 2 heterocycles. The number of nitrogens with one attached hydrogen (secondary N) is 1. The van der Waals surface area contributed by atoms with Gasteiger partial charge >= 0.3 is 0 Å². The van der Waals surface area contributed by atoms with Gasteiger partial charge in [0.25, 0.3) is 5.91 Å². The van der Waals surface area contributed by atoms with Crippen molar-refractivity contribution in [3.05, 3.63) is 53.5 Å². The Morgan fingerprint density at radius 1 is 1.27 bits per heavy atom. The molecule has 0 bridgehead atoms. The number of hydrogen-bond donors (Lipinski definition) is 1. The monoisotopic (exact) mass is 352 g/mol. The maximum atomic E-state index is 12.7. The Morgan fingerprint density at radius 2 is 2.04 bits per heavy atom. The highest BCUT2D eigenvalue weighted by Crippen LogP contribution is 2.25. The first-order valence-electron chi connectivity index (χ1n) is 9.56. The minimum atomic E-state index is -0.154. The number of carbonyl (C=O) groups excluding carboxylic acids is 1. The molecule has 5 heteroatoms. The fraction of sp³-hybridized carbons (Fsp3) is 0.476. The fourth-order valence-electron chi connectivity index (χ4n) is 3.64. The zero-order valence-corrected chi connectivity index (χ0v) is 15.9. The summed E-state index contributed by atoms with van der Waals surface area (Å²) in [7, 11) is 0. The Hall–Kier alpha value is -2.43. The van der Waals surface area contributed by atoms with E-state index in [0.717, 1.165) is 24.3 Å². The highest BCUT2D eigenvalue weighted by molar-refractivity contribution is 5.93. The van der Waals surface area contributed by atoms with Gasteiger partial charge in [0.1, 0.15) is 17.3 Å². The lowest BCUT2D eigenvalue weighted by Gasteiger charge is -2.36. The number of nitrogens with zero attached hydrogens (tertiary/aromatic N) is 3. The second-order valence-electron chi connectivity index (χ2n) is 7.02. The lowest BCUT2D eigenvalue weighted by atomic mass is 10.00. The summed E-state index contributed by atoms with van der Waals surface area (Å²) < 4.78 is 0. The van der Waals surface area contributed by atoms with Crippen molar-refractivity contribution in [2.45, 2.75) is 58.5 Å². The largest absolute Gasteiger partial charge is 0.354 e. The van der Waals surface area contributed by atoms with E-state index in [0.29, 0.717) is 17.6 Å². The third kappa shape index (κ3) is 4.21. The molecule has 1 saturated heterocycles. The fourth-order valence-corrected chi connectivity index (χ4v) is 3.64. The Balaban J connectivity index is 1.79. The van der Waals surface area contributed by atoms with Gasteiger partial charge in [-0.05, 0) is 45.1 Å². The predicted octanol–water partition coefficient (Wildman–Crippen LogP) is 4.04. The minimum Gasteiger partial charge on any atom is -0.354 e. The van der Waals surface area contributed by atoms with Gasteiger partial charge in [0.05, 0.1) is 6.04 Å². The minimum absolute atomic E-state index is 0.0687. The van der Waals surface area contributed by atoms with E-state index in [9.17, 15) is 4.79 Å². The summed E-state index contributed by atoms with van der Waals surface area (Å²) in [5.41, 5.74) is 1.52. The van der Waals surface area contributed by atoms with Crippen LogP contribution in [0.15, 0.2) is 36.4 Å². The Kier molecular flexibility index (Phi) is 5.86. The maximum Gasteiger partial charge on any atom is 0.270 e. The van der Waals surface area contributed by atoms with Crippen LogP contribution in [0, 0.1) is 6.92 Å². The molecular weight excluding hydrogens is 324 g/mol. The van der Waals surface area contributed by atoms with Crippen molar-refractivity contribution in [3.8, 4) is 0 Å². The van der Waals surface area contributed by atoms with Crippen LogP contribution in [0.3, 0.4) is 0 Å². The molecule has 26 heavy (non-hydrogen) atoms. The number of aryl methyl sites for hydroxylation is 1. The molecule has 2 aromatic rings. The first kappa shape index (κ1) is 18.4. The molecule has 3 rings (SSSR count). The van der Waals surface area contributed by atoms with Crippen molar-refractivity contribution in [1.82, 2.24) is 15.3 Å². The molecule has 1 aliphatic heterocycles. The highest BCUT2D eigenvalue weighted by Gasteiger charge is 2.24. The molecule has 1 fully saturated rings. The summed E-state index contributed by atoms with van der Waals surface area (Å²) in [5, 5.41) is 3.05. The molecule has 1 aliphatic rings. The first-order chi connectivity index (χ1) is 12.6. The molecule has 138 valence electrons. The van der Waals surface area contributed by atoms with Crippen LogP contribution < -0.4 is 10.2 Å². The number of hydrogen-bond acceptors (Lipinski definition) is 4. The number of benzene rings is 1. The molecular formula is C21H28N4O. The standard InChI is InChI=1S/C21H28N4O/c1-4-18-12-8-9-13-25(18)20-14-19(23-16(3)24-20)21(26)22-15(2)17-10-6-5-7-11-17/h5-7,10-11,14-15,18H,4,8-9,12-13H2,1-3H3,(H,22,26). The van der Waals surface area contributed by atoms with Crippen LogP contribution >= 0.6 is 0 Å². The van der Waals surface area contributed by atoms with Crippen molar-refractivity contribution in [1.29, 1.82) is 0 Å². The van der Waals surface area contributed by atoms with Gasteiger partial charge in [-0.3, -0.25) is 4.79 Å². The van der Waals surface area contributed by atoms with Gasteiger partial charge < -0.3 is 10.2 Å². The van der Waals surface area contributed by atoms with Crippen LogP contribution in [0.5, 0.6) is 0 Å². The van der Waals surface area contributed by atoms with E-state index < -0.39 is 0 Å². The summed E-state index contributed by atoms with van der Waals surface area (Å²) in [6, 6.07) is 12.2. The Morgan fingerprint density at radius 3 is 2.77 bits per heavy atom. The number of aromatic nitrogens is 2. The van der Waals surface area contributed by atoms with E-state index in [1.54, 1.807) is 0 Å². The highest BCUT2D eigenvalue weighted by atomic mass is 16.1. The molecule has 5 nitrogen and oxygen atoms in total. The van der Waals surface area contributed by atoms with E-state index in [4.69, 9.17) is 0 Å². The smallest absolute Gasteiger partial charge is 0.270 e. The number of carbonyl (C=O) groups is 1. The molecule has 1 N–H and O–H groups in total. The molecule has 0 saturated carbocycles. The topological polar surface area (TPSA) is 58.1 Å². The van der Waals surface area contributed by atoms with Crippen LogP contribution in [0.2, 0.25) is 0 Å². The van der Waals surface area contributed by atoms with Crippen LogP contribution in [-0.4, -0.2) is 28.5 Å². The van der Waals surface area contributed by atoms with Crippen LogP contribution in [0.1, 0.15) is 67.4 Å². The molecule has 0 spiro atoms. The SMILES string of the molecule is CCC1CCCCN1c1cc(C(=O)NC(C)c2ccccc2)nc(C)n1. The normalized spacial score (nSPS) is 18.4. The van der Waals surface area contributed by atoms with Gasteiger partial charge in [-0.1, -0.05) is 37.3 Å². The summed E-state index contributed by atoms with van der Waals surface area (Å²) in [5.74, 6) is 1.36. The van der Waals surface area contributed by atoms with Crippen LogP contribution in [0.25, 0.3) is 0 Å². The second kappa shape index (κ2) is 8.30. The van der Waals surface area contributed by atoms with Crippen LogP contribution in [-0.2, 0) is 0 Å². The van der Waals surface area contributed by atoms with E-state index in [2.05, 4.69) is 27.1 Å². The number of anilines is 1. The molecule has 1 aromatic carbocycles. The quantitative estimate of drug-likeness (QED) is 0.882. The van der Waals surface area contributed by atoms with Gasteiger partial charge in [-0.25, -0.2) is 9.97 Å². The Bertz CT molecular complexity index is 747. The second-order valence-corrected chi connectivity index (χ2v) is 7.02. The number of amides is 1. The van der Waals surface area contributed by atoms with E-state index in [-0.39, 0.29) is 11.9 Å². The number of rotatable bonds is 5. The van der Waals surface area contributed by atoms with Gasteiger partial charge in [-0.15, -0.1) is 0 Å². The molecule has 2 unspecified atom stereocenters. The average Bonchev–Trinajstić information content (AvgIpc) is 2.68. The predicted molar refractivity (Wildman–Crippen MR) is 104 cm³/mol. The maximum absolute atomic E-state index is 12.7. The third-order valence-electron chi connectivity index (χ3n) is 5.10.